The van der Waals surface area contributed by atoms with Gasteiger partial charge in [0.05, 0.1) is 28.8 Å². The summed E-state index contributed by atoms with van der Waals surface area (Å²) in [5.74, 6) is -0.330. The highest BCUT2D eigenvalue weighted by Crippen LogP contribution is 2.28. The number of sulfonamides is 1. The number of nitriles is 1. The van der Waals surface area contributed by atoms with E-state index in [1.165, 1.54) is 10.4 Å². The molecule has 0 aromatic heterocycles. The number of nitrogens with zero attached hydrogens (tertiary/aromatic N) is 2. The van der Waals surface area contributed by atoms with Gasteiger partial charge in [-0.1, -0.05) is 42.5 Å². The Balaban J connectivity index is 1.60. The highest BCUT2D eigenvalue weighted by Gasteiger charge is 2.25. The van der Waals surface area contributed by atoms with Gasteiger partial charge < -0.3 is 5.32 Å². The molecule has 0 saturated heterocycles. The molecule has 0 saturated carbocycles. The van der Waals surface area contributed by atoms with Crippen molar-refractivity contribution in [3.63, 3.8) is 0 Å². The Morgan fingerprint density at radius 2 is 1.58 bits per heavy atom. The molecule has 0 aliphatic rings. The summed E-state index contributed by atoms with van der Waals surface area (Å²) in [6.07, 6.45) is 0. The molecular weight excluding hydrogens is 470 g/mol. The van der Waals surface area contributed by atoms with Crippen molar-refractivity contribution in [2.24, 2.45) is 0 Å². The number of carbonyl (C=O) groups excluding carboxylic acids is 1. The maximum Gasteiger partial charge on any atom is 0.264 e. The fourth-order valence-electron chi connectivity index (χ4n) is 3.71. The molecule has 36 heavy (non-hydrogen) atoms. The summed E-state index contributed by atoms with van der Waals surface area (Å²) in [7, 11) is -3.82. The second-order valence-electron chi connectivity index (χ2n) is 8.44. The van der Waals surface area contributed by atoms with Crippen molar-refractivity contribution >= 4 is 27.3 Å². The Labute approximate surface area is 211 Å². The minimum absolute atomic E-state index is 0.123. The van der Waals surface area contributed by atoms with E-state index >= 15 is 0 Å². The summed E-state index contributed by atoms with van der Waals surface area (Å²) in [4.78, 5) is 12.8. The van der Waals surface area contributed by atoms with Crippen molar-refractivity contribution in [2.45, 2.75) is 25.3 Å². The number of rotatable bonds is 7. The van der Waals surface area contributed by atoms with E-state index in [2.05, 4.69) is 5.32 Å². The maximum absolute atomic E-state index is 13.6. The number of anilines is 2. The van der Waals surface area contributed by atoms with Crippen LogP contribution in [-0.4, -0.2) is 14.3 Å². The third-order valence-electron chi connectivity index (χ3n) is 5.90. The zero-order chi connectivity index (χ0) is 25.7. The number of aryl methyl sites for hydroxylation is 2. The molecule has 0 unspecified atom stereocenters. The average molecular weight is 496 g/mol. The first kappa shape index (κ1) is 24.7. The van der Waals surface area contributed by atoms with Crippen LogP contribution < -0.4 is 9.62 Å². The van der Waals surface area contributed by atoms with Gasteiger partial charge in [-0.15, -0.1) is 0 Å². The second kappa shape index (κ2) is 10.5. The lowest BCUT2D eigenvalue weighted by Gasteiger charge is -2.25. The van der Waals surface area contributed by atoms with Crippen LogP contribution in [0.15, 0.2) is 102 Å². The first-order valence-electron chi connectivity index (χ1n) is 11.3. The Kier molecular flexibility index (Phi) is 7.18. The molecule has 4 aromatic rings. The molecule has 0 heterocycles. The molecule has 1 amide bonds. The monoisotopic (exact) mass is 495 g/mol. The number of benzene rings is 4. The molecule has 0 fully saturated rings. The Morgan fingerprint density at radius 1 is 0.861 bits per heavy atom. The van der Waals surface area contributed by atoms with Gasteiger partial charge in [0.1, 0.15) is 0 Å². The molecule has 4 aromatic carbocycles. The Hall–Kier alpha value is -4.41. The number of nitrogens with one attached hydrogen (secondary N) is 1. The third kappa shape index (κ3) is 5.45. The Morgan fingerprint density at radius 3 is 2.25 bits per heavy atom. The molecular formula is C29H25N3O3S. The van der Waals surface area contributed by atoms with Crippen molar-refractivity contribution in [3.8, 4) is 6.07 Å². The van der Waals surface area contributed by atoms with E-state index in [0.29, 0.717) is 22.5 Å². The molecule has 0 radical (unpaired) electrons. The molecule has 0 aliphatic heterocycles. The van der Waals surface area contributed by atoms with Crippen LogP contribution in [0, 0.1) is 25.2 Å². The number of hydrogen-bond donors (Lipinski definition) is 1. The van der Waals surface area contributed by atoms with Gasteiger partial charge in [0, 0.05) is 11.3 Å². The largest absolute Gasteiger partial charge is 0.322 e. The first-order chi connectivity index (χ1) is 17.3. The van der Waals surface area contributed by atoms with Crippen LogP contribution in [-0.2, 0) is 16.6 Å². The molecule has 6 nitrogen and oxygen atoms in total. The minimum Gasteiger partial charge on any atom is -0.322 e. The molecule has 0 aliphatic carbocycles. The molecule has 180 valence electrons. The van der Waals surface area contributed by atoms with E-state index < -0.39 is 10.0 Å². The lowest BCUT2D eigenvalue weighted by molar-refractivity contribution is 0.102. The Bertz CT molecular complexity index is 1540. The summed E-state index contributed by atoms with van der Waals surface area (Å²) >= 11 is 0. The van der Waals surface area contributed by atoms with Gasteiger partial charge in [0.2, 0.25) is 0 Å². The lowest BCUT2D eigenvalue weighted by Crippen LogP contribution is -2.30. The van der Waals surface area contributed by atoms with Crippen LogP contribution in [0.3, 0.4) is 0 Å². The summed E-state index contributed by atoms with van der Waals surface area (Å²) in [5.41, 5.74) is 4.77. The fourth-order valence-corrected chi connectivity index (χ4v) is 5.17. The first-order valence-corrected chi connectivity index (χ1v) is 12.8. The van der Waals surface area contributed by atoms with Crippen molar-refractivity contribution in [1.82, 2.24) is 0 Å². The van der Waals surface area contributed by atoms with Crippen molar-refractivity contribution < 1.29 is 13.2 Å². The zero-order valence-electron chi connectivity index (χ0n) is 20.0. The van der Waals surface area contributed by atoms with E-state index in [-0.39, 0.29) is 17.3 Å². The van der Waals surface area contributed by atoms with Crippen molar-refractivity contribution in [2.75, 3.05) is 9.62 Å². The fraction of sp³-hybridized carbons (Fsp3) is 0.103. The summed E-state index contributed by atoms with van der Waals surface area (Å²) in [5, 5.41) is 11.9. The van der Waals surface area contributed by atoms with Gasteiger partial charge in [-0.2, -0.15) is 5.26 Å². The SMILES string of the molecule is Cc1ccc(N(Cc2ccc(NC(=O)c3cccc(C#N)c3)cc2)S(=O)(=O)c2ccccc2)cc1C. The topological polar surface area (TPSA) is 90.3 Å². The smallest absolute Gasteiger partial charge is 0.264 e. The van der Waals surface area contributed by atoms with Crippen LogP contribution in [0.1, 0.15) is 32.6 Å². The minimum atomic E-state index is -3.82. The van der Waals surface area contributed by atoms with Gasteiger partial charge in [0.15, 0.2) is 0 Å². The zero-order valence-corrected chi connectivity index (χ0v) is 20.8. The van der Waals surface area contributed by atoms with Gasteiger partial charge >= 0.3 is 0 Å². The summed E-state index contributed by atoms with van der Waals surface area (Å²) < 4.78 is 28.6. The molecule has 4 rings (SSSR count). The summed E-state index contributed by atoms with van der Waals surface area (Å²) in [6.45, 7) is 4.06. The van der Waals surface area contributed by atoms with E-state index in [9.17, 15) is 13.2 Å². The standard InChI is InChI=1S/C29H25N3O3S/c1-21-11-16-27(17-22(21)2)32(36(34,35)28-9-4-3-5-10-28)20-23-12-14-26(15-13-23)31-29(33)25-8-6-7-24(18-25)19-30/h3-18H,20H2,1-2H3,(H,31,33). The number of amides is 1. The highest BCUT2D eigenvalue weighted by atomic mass is 32.2. The maximum atomic E-state index is 13.6. The highest BCUT2D eigenvalue weighted by molar-refractivity contribution is 7.92. The molecule has 0 atom stereocenters. The van der Waals surface area contributed by atoms with Gasteiger partial charge in [-0.3, -0.25) is 9.10 Å². The van der Waals surface area contributed by atoms with E-state index in [0.717, 1.165) is 16.7 Å². The van der Waals surface area contributed by atoms with Crippen molar-refractivity contribution in [1.29, 1.82) is 5.26 Å². The lowest BCUT2D eigenvalue weighted by atomic mass is 10.1. The predicted molar refractivity (Wildman–Crippen MR) is 141 cm³/mol. The molecule has 0 bridgehead atoms. The van der Waals surface area contributed by atoms with Gasteiger partial charge in [-0.05, 0) is 85.1 Å². The summed E-state index contributed by atoms with van der Waals surface area (Å²) in [6, 6.07) is 29.5. The molecule has 0 spiro atoms. The van der Waals surface area contributed by atoms with Crippen LogP contribution in [0.25, 0.3) is 0 Å². The number of carbonyl (C=O) groups is 1. The van der Waals surface area contributed by atoms with E-state index in [1.54, 1.807) is 72.8 Å². The van der Waals surface area contributed by atoms with E-state index in [1.807, 2.05) is 38.1 Å². The van der Waals surface area contributed by atoms with Crippen molar-refractivity contribution in [3.05, 3.63) is 125 Å². The molecule has 1 N–H and O–H groups in total. The van der Waals surface area contributed by atoms with E-state index in [4.69, 9.17) is 5.26 Å². The van der Waals surface area contributed by atoms with Gasteiger partial charge in [-0.25, -0.2) is 8.42 Å². The predicted octanol–water partition coefficient (Wildman–Crippen LogP) is 5.82. The average Bonchev–Trinajstić information content (AvgIpc) is 2.90. The van der Waals surface area contributed by atoms with Crippen LogP contribution in [0.4, 0.5) is 11.4 Å². The normalized spacial score (nSPS) is 10.9. The second-order valence-corrected chi connectivity index (χ2v) is 10.3. The third-order valence-corrected chi connectivity index (χ3v) is 7.69. The van der Waals surface area contributed by atoms with Crippen LogP contribution in [0.5, 0.6) is 0 Å². The van der Waals surface area contributed by atoms with Crippen LogP contribution >= 0.6 is 0 Å². The quantitative estimate of drug-likeness (QED) is 0.350. The van der Waals surface area contributed by atoms with Gasteiger partial charge in [0.25, 0.3) is 15.9 Å². The molecule has 7 heteroatoms. The van der Waals surface area contributed by atoms with Crippen LogP contribution in [0.2, 0.25) is 0 Å². The number of hydrogen-bond acceptors (Lipinski definition) is 4.